The smallest absolute Gasteiger partial charge is 0.337 e. The van der Waals surface area contributed by atoms with Crippen molar-refractivity contribution in [2.75, 3.05) is 13.1 Å². The molecule has 1 aromatic carbocycles. The second-order valence-electron chi connectivity index (χ2n) is 5.85. The molecule has 0 aromatic heterocycles. The Hall–Kier alpha value is -1.82. The topological polar surface area (TPSA) is 32.3 Å². The highest BCUT2D eigenvalue weighted by atomic mass is 19.4. The summed E-state index contributed by atoms with van der Waals surface area (Å²) in [4.78, 5) is 13.5. The van der Waals surface area contributed by atoms with E-state index in [9.17, 15) is 18.0 Å². The number of halogens is 3. The fourth-order valence-corrected chi connectivity index (χ4v) is 2.61. The minimum atomic E-state index is -4.40. The molecule has 3 nitrogen and oxygen atoms in total. The molecule has 1 heterocycles. The molecule has 1 N–H and O–H groups in total. The normalized spacial score (nSPS) is 19.5. The summed E-state index contributed by atoms with van der Waals surface area (Å²) in [5, 5.41) is 3.27. The molecule has 0 saturated carbocycles. The lowest BCUT2D eigenvalue weighted by Gasteiger charge is -2.20. The first-order valence-corrected chi connectivity index (χ1v) is 7.59. The highest BCUT2D eigenvalue weighted by Gasteiger charge is 2.35. The van der Waals surface area contributed by atoms with E-state index in [1.54, 1.807) is 6.07 Å². The van der Waals surface area contributed by atoms with Crippen LogP contribution in [0.4, 0.5) is 13.2 Å². The molecular weight excluding hydrogens is 305 g/mol. The van der Waals surface area contributed by atoms with Gasteiger partial charge in [0, 0.05) is 32.1 Å². The number of hydrogen-bond acceptors (Lipinski definition) is 2. The van der Waals surface area contributed by atoms with Gasteiger partial charge >= 0.3 is 6.18 Å². The number of benzene rings is 1. The molecule has 1 aliphatic rings. The monoisotopic (exact) mass is 326 g/mol. The van der Waals surface area contributed by atoms with Gasteiger partial charge < -0.3 is 10.2 Å². The van der Waals surface area contributed by atoms with Crippen molar-refractivity contribution in [3.8, 4) is 0 Å². The van der Waals surface area contributed by atoms with E-state index in [0.717, 1.165) is 6.07 Å². The summed E-state index contributed by atoms with van der Waals surface area (Å²) in [5.74, 6) is -0.113. The Morgan fingerprint density at radius 1 is 1.39 bits per heavy atom. The van der Waals surface area contributed by atoms with Crippen LogP contribution in [0.25, 0.3) is 0 Å². The lowest BCUT2D eigenvalue weighted by molar-refractivity contribution is -0.139. The van der Waals surface area contributed by atoms with Crippen molar-refractivity contribution >= 4 is 5.91 Å². The van der Waals surface area contributed by atoms with Crippen molar-refractivity contribution in [3.05, 3.63) is 47.0 Å². The molecule has 0 radical (unpaired) electrons. The molecule has 1 amide bonds. The lowest BCUT2D eigenvalue weighted by Crippen LogP contribution is -2.33. The molecule has 0 spiro atoms. The van der Waals surface area contributed by atoms with Gasteiger partial charge in [-0.3, -0.25) is 4.79 Å². The largest absolute Gasteiger partial charge is 0.416 e. The minimum absolute atomic E-state index is 0.00467. The Morgan fingerprint density at radius 3 is 2.74 bits per heavy atom. The Labute approximate surface area is 134 Å². The number of alkyl halides is 3. The quantitative estimate of drug-likeness (QED) is 0.842. The molecule has 2 rings (SSSR count). The van der Waals surface area contributed by atoms with E-state index in [1.165, 1.54) is 22.6 Å². The Bertz CT molecular complexity index is 596. The molecule has 0 aliphatic carbocycles. The maximum absolute atomic E-state index is 13.0. The molecule has 1 aromatic rings. The van der Waals surface area contributed by atoms with Crippen molar-refractivity contribution in [1.29, 1.82) is 0 Å². The standard InChI is InChI=1S/C17H21F3N2O/c1-3-12(2)9-21-14-8-16(23)22(11-14)10-13-6-4-5-7-15(13)17(18,19)20/h3-7,14,21H,8-11H2,1-2H3/b12-3+/t14-/m0/s1. The van der Waals surface area contributed by atoms with E-state index in [0.29, 0.717) is 19.5 Å². The van der Waals surface area contributed by atoms with E-state index in [-0.39, 0.29) is 24.1 Å². The zero-order valence-corrected chi connectivity index (χ0v) is 13.3. The van der Waals surface area contributed by atoms with Crippen molar-refractivity contribution in [3.63, 3.8) is 0 Å². The average Bonchev–Trinajstić information content (AvgIpc) is 2.84. The second-order valence-corrected chi connectivity index (χ2v) is 5.85. The molecule has 126 valence electrons. The summed E-state index contributed by atoms with van der Waals surface area (Å²) >= 11 is 0. The molecule has 1 saturated heterocycles. The number of rotatable bonds is 5. The molecule has 1 atom stereocenters. The average molecular weight is 326 g/mol. The second kappa shape index (κ2) is 7.17. The molecular formula is C17H21F3N2O. The molecule has 0 unspecified atom stereocenters. The maximum Gasteiger partial charge on any atom is 0.416 e. The van der Waals surface area contributed by atoms with Crippen LogP contribution in [-0.4, -0.2) is 29.9 Å². The summed E-state index contributed by atoms with van der Waals surface area (Å²) in [7, 11) is 0. The van der Waals surface area contributed by atoms with Gasteiger partial charge in [0.15, 0.2) is 0 Å². The van der Waals surface area contributed by atoms with Crippen LogP contribution in [-0.2, 0) is 17.5 Å². The number of carbonyl (C=O) groups excluding carboxylic acids is 1. The number of hydrogen-bond donors (Lipinski definition) is 1. The van der Waals surface area contributed by atoms with Gasteiger partial charge in [0.1, 0.15) is 0 Å². The van der Waals surface area contributed by atoms with Crippen LogP contribution in [0.2, 0.25) is 0 Å². The van der Waals surface area contributed by atoms with Gasteiger partial charge in [-0.2, -0.15) is 13.2 Å². The van der Waals surface area contributed by atoms with E-state index in [2.05, 4.69) is 5.32 Å². The first kappa shape index (κ1) is 17.5. The van der Waals surface area contributed by atoms with Crippen molar-refractivity contribution in [2.24, 2.45) is 0 Å². The number of nitrogens with one attached hydrogen (secondary N) is 1. The summed E-state index contributed by atoms with van der Waals surface area (Å²) in [6, 6.07) is 5.40. The number of amides is 1. The fraction of sp³-hybridized carbons (Fsp3) is 0.471. The SMILES string of the molecule is C/C=C(\C)CN[C@H]1CC(=O)N(Cc2ccccc2C(F)(F)F)C1. The third kappa shape index (κ3) is 4.58. The number of allylic oxidation sites excluding steroid dienone is 1. The van der Waals surface area contributed by atoms with Crippen molar-refractivity contribution < 1.29 is 18.0 Å². The van der Waals surface area contributed by atoms with Gasteiger partial charge in [-0.1, -0.05) is 29.8 Å². The predicted octanol–water partition coefficient (Wildman–Crippen LogP) is 3.36. The maximum atomic E-state index is 13.0. The third-order valence-corrected chi connectivity index (χ3v) is 4.06. The zero-order chi connectivity index (χ0) is 17.0. The molecule has 23 heavy (non-hydrogen) atoms. The molecule has 0 bridgehead atoms. The van der Waals surface area contributed by atoms with Crippen LogP contribution >= 0.6 is 0 Å². The van der Waals surface area contributed by atoms with Gasteiger partial charge in [0.25, 0.3) is 0 Å². The van der Waals surface area contributed by atoms with Gasteiger partial charge in [-0.25, -0.2) is 0 Å². The molecule has 6 heteroatoms. The highest BCUT2D eigenvalue weighted by Crippen LogP contribution is 2.32. The first-order valence-electron chi connectivity index (χ1n) is 7.59. The van der Waals surface area contributed by atoms with E-state index < -0.39 is 11.7 Å². The van der Waals surface area contributed by atoms with Crippen molar-refractivity contribution in [1.82, 2.24) is 10.2 Å². The van der Waals surface area contributed by atoms with E-state index in [4.69, 9.17) is 0 Å². The van der Waals surface area contributed by atoms with Crippen LogP contribution in [0.3, 0.4) is 0 Å². The van der Waals surface area contributed by atoms with Gasteiger partial charge in [0.2, 0.25) is 5.91 Å². The van der Waals surface area contributed by atoms with E-state index in [1.807, 2.05) is 19.9 Å². The highest BCUT2D eigenvalue weighted by molar-refractivity contribution is 5.79. The first-order chi connectivity index (χ1) is 10.8. The van der Waals surface area contributed by atoms with Crippen molar-refractivity contribution in [2.45, 2.75) is 39.0 Å². The summed E-state index contributed by atoms with van der Waals surface area (Å²) in [6.45, 7) is 5.04. The van der Waals surface area contributed by atoms with Crippen LogP contribution in [0.1, 0.15) is 31.4 Å². The third-order valence-electron chi connectivity index (χ3n) is 4.06. The predicted molar refractivity (Wildman–Crippen MR) is 82.7 cm³/mol. The van der Waals surface area contributed by atoms with Gasteiger partial charge in [0.05, 0.1) is 5.56 Å². The summed E-state index contributed by atoms with van der Waals surface area (Å²) in [6.07, 6.45) is -2.09. The Morgan fingerprint density at radius 2 is 2.09 bits per heavy atom. The van der Waals surface area contributed by atoms with Crippen LogP contribution < -0.4 is 5.32 Å². The molecule has 1 fully saturated rings. The van der Waals surface area contributed by atoms with Crippen LogP contribution in [0.5, 0.6) is 0 Å². The number of carbonyl (C=O) groups is 1. The zero-order valence-electron chi connectivity index (χ0n) is 13.3. The minimum Gasteiger partial charge on any atom is -0.337 e. The van der Waals surface area contributed by atoms with Crippen LogP contribution in [0.15, 0.2) is 35.9 Å². The number of likely N-dealkylation sites (tertiary alicyclic amines) is 1. The van der Waals surface area contributed by atoms with Crippen LogP contribution in [0, 0.1) is 0 Å². The van der Waals surface area contributed by atoms with Gasteiger partial charge in [-0.15, -0.1) is 0 Å². The Kier molecular flexibility index (Phi) is 5.46. The van der Waals surface area contributed by atoms with E-state index >= 15 is 0 Å². The summed E-state index contributed by atoms with van der Waals surface area (Å²) < 4.78 is 39.1. The fourth-order valence-electron chi connectivity index (χ4n) is 2.61. The Balaban J connectivity index is 2.03. The molecule has 1 aliphatic heterocycles. The van der Waals surface area contributed by atoms with Gasteiger partial charge in [-0.05, 0) is 25.5 Å². The lowest BCUT2D eigenvalue weighted by atomic mass is 10.1. The summed E-state index contributed by atoms with van der Waals surface area (Å²) in [5.41, 5.74) is 0.630. The number of nitrogens with zero attached hydrogens (tertiary/aromatic N) is 1.